The van der Waals surface area contributed by atoms with Crippen molar-refractivity contribution in [2.45, 2.75) is 38.4 Å². The van der Waals surface area contributed by atoms with Gasteiger partial charge in [0.05, 0.1) is 11.9 Å². The van der Waals surface area contributed by atoms with Gasteiger partial charge in [0.1, 0.15) is 12.6 Å². The van der Waals surface area contributed by atoms with E-state index < -0.39 is 12.0 Å². The lowest BCUT2D eigenvalue weighted by Crippen LogP contribution is -2.44. The molecule has 1 amide bonds. The molecule has 8 nitrogen and oxygen atoms in total. The van der Waals surface area contributed by atoms with Gasteiger partial charge >= 0.3 is 5.97 Å². The van der Waals surface area contributed by atoms with Crippen LogP contribution < -0.4 is 5.73 Å². The zero-order chi connectivity index (χ0) is 15.0. The first-order chi connectivity index (χ1) is 10.1. The molecule has 114 valence electrons. The molecule has 8 heteroatoms. The molecule has 1 saturated heterocycles. The third-order valence-corrected chi connectivity index (χ3v) is 4.56. The Bertz CT molecular complexity index is 558. The van der Waals surface area contributed by atoms with E-state index in [1.165, 1.54) is 9.58 Å². The van der Waals surface area contributed by atoms with Crippen molar-refractivity contribution in [2.75, 3.05) is 6.54 Å². The summed E-state index contributed by atoms with van der Waals surface area (Å²) in [4.78, 5) is 25.4. The van der Waals surface area contributed by atoms with Gasteiger partial charge in [-0.3, -0.25) is 4.79 Å². The predicted octanol–water partition coefficient (Wildman–Crippen LogP) is -0.551. The van der Waals surface area contributed by atoms with Crippen LogP contribution in [0.1, 0.15) is 25.0 Å². The second kappa shape index (κ2) is 5.44. The van der Waals surface area contributed by atoms with Gasteiger partial charge in [0.2, 0.25) is 5.91 Å². The average molecular weight is 293 g/mol. The van der Waals surface area contributed by atoms with E-state index in [9.17, 15) is 14.7 Å². The molecule has 3 N–H and O–H groups in total. The van der Waals surface area contributed by atoms with E-state index in [0.717, 1.165) is 19.3 Å². The number of carbonyl (C=O) groups is 2. The third kappa shape index (κ3) is 2.51. The Hall–Kier alpha value is -1.96. The SMILES string of the molecule is NCc1cn(CC(=O)N2CC3CCCC3C2C(=O)O)nn1. The van der Waals surface area contributed by atoms with Gasteiger partial charge < -0.3 is 15.7 Å². The summed E-state index contributed by atoms with van der Waals surface area (Å²) in [6, 6.07) is -0.692. The number of aliphatic carboxylic acids is 1. The minimum Gasteiger partial charge on any atom is -0.480 e. The first-order valence-corrected chi connectivity index (χ1v) is 7.21. The largest absolute Gasteiger partial charge is 0.480 e. The normalized spacial score (nSPS) is 27.9. The van der Waals surface area contributed by atoms with Crippen molar-refractivity contribution in [2.24, 2.45) is 17.6 Å². The highest BCUT2D eigenvalue weighted by molar-refractivity contribution is 5.84. The van der Waals surface area contributed by atoms with Crippen LogP contribution in [0.3, 0.4) is 0 Å². The molecule has 2 fully saturated rings. The molecule has 0 aromatic carbocycles. The summed E-state index contributed by atoms with van der Waals surface area (Å²) in [7, 11) is 0. The van der Waals surface area contributed by atoms with Crippen LogP contribution in [0.25, 0.3) is 0 Å². The van der Waals surface area contributed by atoms with Crippen LogP contribution in [-0.4, -0.2) is 49.5 Å². The molecule has 0 spiro atoms. The topological polar surface area (TPSA) is 114 Å². The van der Waals surface area contributed by atoms with Crippen LogP contribution in [0.4, 0.5) is 0 Å². The number of likely N-dealkylation sites (tertiary alicyclic amines) is 1. The molecule has 1 aromatic rings. The van der Waals surface area contributed by atoms with Crippen molar-refractivity contribution < 1.29 is 14.7 Å². The van der Waals surface area contributed by atoms with Crippen molar-refractivity contribution in [3.8, 4) is 0 Å². The maximum absolute atomic E-state index is 12.4. The van der Waals surface area contributed by atoms with E-state index in [1.54, 1.807) is 6.20 Å². The summed E-state index contributed by atoms with van der Waals surface area (Å²) in [5.74, 6) is -0.698. The van der Waals surface area contributed by atoms with Crippen LogP contribution in [0.2, 0.25) is 0 Å². The van der Waals surface area contributed by atoms with Gasteiger partial charge in [-0.2, -0.15) is 0 Å². The lowest BCUT2D eigenvalue weighted by molar-refractivity contribution is -0.150. The lowest BCUT2D eigenvalue weighted by Gasteiger charge is -2.24. The van der Waals surface area contributed by atoms with Crippen molar-refractivity contribution in [3.63, 3.8) is 0 Å². The molecule has 3 atom stereocenters. The minimum absolute atomic E-state index is 0.0101. The number of aromatic nitrogens is 3. The number of hydrogen-bond acceptors (Lipinski definition) is 5. The summed E-state index contributed by atoms with van der Waals surface area (Å²) in [5, 5.41) is 17.1. The molecule has 2 heterocycles. The van der Waals surface area contributed by atoms with Crippen LogP contribution in [0, 0.1) is 11.8 Å². The molecule has 1 aliphatic heterocycles. The fourth-order valence-corrected chi connectivity index (χ4v) is 3.62. The zero-order valence-electron chi connectivity index (χ0n) is 11.7. The van der Waals surface area contributed by atoms with E-state index in [0.29, 0.717) is 18.2 Å². The number of rotatable bonds is 4. The van der Waals surface area contributed by atoms with Crippen LogP contribution in [-0.2, 0) is 22.7 Å². The second-order valence-electron chi connectivity index (χ2n) is 5.80. The Morgan fingerprint density at radius 2 is 2.24 bits per heavy atom. The summed E-state index contributed by atoms with van der Waals surface area (Å²) in [6.45, 7) is 0.814. The molecule has 1 aromatic heterocycles. The number of amides is 1. The quantitative estimate of drug-likeness (QED) is 0.769. The second-order valence-corrected chi connectivity index (χ2v) is 5.80. The first kappa shape index (κ1) is 14.0. The van der Waals surface area contributed by atoms with E-state index in [1.807, 2.05) is 0 Å². The summed E-state index contributed by atoms with van der Waals surface area (Å²) in [6.07, 6.45) is 4.58. The molecule has 1 aliphatic carbocycles. The number of nitrogens with two attached hydrogens (primary N) is 1. The number of hydrogen-bond donors (Lipinski definition) is 2. The van der Waals surface area contributed by atoms with Crippen LogP contribution in [0.5, 0.6) is 0 Å². The molecular formula is C13H19N5O3. The van der Waals surface area contributed by atoms with Gasteiger partial charge in [-0.25, -0.2) is 9.48 Å². The summed E-state index contributed by atoms with van der Waals surface area (Å²) in [5.41, 5.74) is 6.06. The zero-order valence-corrected chi connectivity index (χ0v) is 11.7. The summed E-state index contributed by atoms with van der Waals surface area (Å²) < 4.78 is 1.41. The smallest absolute Gasteiger partial charge is 0.326 e. The number of carbonyl (C=O) groups excluding carboxylic acids is 1. The molecule has 1 saturated carbocycles. The van der Waals surface area contributed by atoms with E-state index in [-0.39, 0.29) is 24.9 Å². The third-order valence-electron chi connectivity index (χ3n) is 4.56. The van der Waals surface area contributed by atoms with E-state index >= 15 is 0 Å². The van der Waals surface area contributed by atoms with Crippen molar-refractivity contribution in [3.05, 3.63) is 11.9 Å². The van der Waals surface area contributed by atoms with Gasteiger partial charge in [0.15, 0.2) is 0 Å². The predicted molar refractivity (Wildman–Crippen MR) is 71.9 cm³/mol. The molecule has 3 unspecified atom stereocenters. The molecule has 0 bridgehead atoms. The Balaban J connectivity index is 1.72. The highest BCUT2D eigenvalue weighted by atomic mass is 16.4. The standard InChI is InChI=1S/C13H19N5O3/c14-4-9-6-17(16-15-9)7-11(19)18-5-8-2-1-3-10(8)12(18)13(20)21/h6,8,10,12H,1-5,7,14H2,(H,20,21). The van der Waals surface area contributed by atoms with Crippen molar-refractivity contribution in [1.29, 1.82) is 0 Å². The Labute approximate surface area is 121 Å². The van der Waals surface area contributed by atoms with Gasteiger partial charge in [-0.05, 0) is 24.7 Å². The van der Waals surface area contributed by atoms with E-state index in [2.05, 4.69) is 10.3 Å². The fourth-order valence-electron chi connectivity index (χ4n) is 3.62. The van der Waals surface area contributed by atoms with Crippen LogP contribution in [0.15, 0.2) is 6.20 Å². The highest BCUT2D eigenvalue weighted by Gasteiger charge is 2.49. The van der Waals surface area contributed by atoms with E-state index in [4.69, 9.17) is 5.73 Å². The van der Waals surface area contributed by atoms with Crippen molar-refractivity contribution >= 4 is 11.9 Å². The molecule has 0 radical (unpaired) electrons. The number of fused-ring (bicyclic) bond motifs is 1. The highest BCUT2D eigenvalue weighted by Crippen LogP contribution is 2.42. The van der Waals surface area contributed by atoms with Gasteiger partial charge in [-0.1, -0.05) is 11.6 Å². The van der Waals surface area contributed by atoms with Crippen LogP contribution >= 0.6 is 0 Å². The number of carboxylic acids is 1. The summed E-state index contributed by atoms with van der Waals surface area (Å²) >= 11 is 0. The molecule has 21 heavy (non-hydrogen) atoms. The molecular weight excluding hydrogens is 274 g/mol. The van der Waals surface area contributed by atoms with Gasteiger partial charge in [-0.15, -0.1) is 5.10 Å². The lowest BCUT2D eigenvalue weighted by atomic mass is 9.94. The molecule has 3 rings (SSSR count). The number of carboxylic acid groups (broad SMARTS) is 1. The maximum Gasteiger partial charge on any atom is 0.326 e. The monoisotopic (exact) mass is 293 g/mol. The first-order valence-electron chi connectivity index (χ1n) is 7.21. The Kier molecular flexibility index (Phi) is 3.62. The number of nitrogens with zero attached hydrogens (tertiary/aromatic N) is 4. The van der Waals surface area contributed by atoms with Crippen molar-refractivity contribution in [1.82, 2.24) is 19.9 Å². The minimum atomic E-state index is -0.904. The van der Waals surface area contributed by atoms with Gasteiger partial charge in [0.25, 0.3) is 0 Å². The Morgan fingerprint density at radius 3 is 2.90 bits per heavy atom. The fraction of sp³-hybridized carbons (Fsp3) is 0.692. The van der Waals surface area contributed by atoms with Gasteiger partial charge in [0, 0.05) is 13.1 Å². The average Bonchev–Trinajstić information content (AvgIpc) is 3.11. The molecule has 2 aliphatic rings. The maximum atomic E-state index is 12.4. The Morgan fingerprint density at radius 1 is 1.43 bits per heavy atom.